The van der Waals surface area contributed by atoms with Gasteiger partial charge in [0.2, 0.25) is 5.91 Å². The summed E-state index contributed by atoms with van der Waals surface area (Å²) in [6.07, 6.45) is 0. The molecule has 6 heteroatoms. The first-order valence-corrected chi connectivity index (χ1v) is 7.45. The van der Waals surface area contributed by atoms with Gasteiger partial charge in [0.05, 0.1) is 19.7 Å². The SMILES string of the molecule is CCN(CC)C(CNC(=O)CNC)c1cccc(OC)c1.Cl. The summed E-state index contributed by atoms with van der Waals surface area (Å²) >= 11 is 0. The molecule has 0 aliphatic rings. The molecule has 0 aliphatic heterocycles. The van der Waals surface area contributed by atoms with Crippen molar-refractivity contribution in [2.75, 3.05) is 40.3 Å². The Kier molecular flexibility index (Phi) is 10.6. The summed E-state index contributed by atoms with van der Waals surface area (Å²) in [5.41, 5.74) is 1.16. The highest BCUT2D eigenvalue weighted by Gasteiger charge is 2.19. The third-order valence-corrected chi connectivity index (χ3v) is 3.56. The molecular weight excluding hydrogens is 302 g/mol. The summed E-state index contributed by atoms with van der Waals surface area (Å²) in [7, 11) is 3.43. The minimum absolute atomic E-state index is 0. The zero-order valence-electron chi connectivity index (χ0n) is 13.9. The highest BCUT2D eigenvalue weighted by molar-refractivity contribution is 5.85. The van der Waals surface area contributed by atoms with Crippen LogP contribution in [-0.4, -0.2) is 51.1 Å². The van der Waals surface area contributed by atoms with Crippen LogP contribution in [0, 0.1) is 0 Å². The summed E-state index contributed by atoms with van der Waals surface area (Å²) in [5, 5.41) is 5.85. The van der Waals surface area contributed by atoms with Gasteiger partial charge in [-0.25, -0.2) is 0 Å². The fourth-order valence-electron chi connectivity index (χ4n) is 2.40. The third-order valence-electron chi connectivity index (χ3n) is 3.56. The number of rotatable bonds is 9. The van der Waals surface area contributed by atoms with Gasteiger partial charge < -0.3 is 15.4 Å². The van der Waals surface area contributed by atoms with Crippen LogP contribution in [0.1, 0.15) is 25.5 Å². The Morgan fingerprint density at radius 1 is 1.32 bits per heavy atom. The standard InChI is InChI=1S/C16H27N3O2.ClH/c1-5-19(6-2)15(11-18-16(20)12-17-3)13-8-7-9-14(10-13)21-4;/h7-10,15,17H,5-6,11-12H2,1-4H3,(H,18,20);1H. The van der Waals surface area contributed by atoms with Crippen LogP contribution in [0.4, 0.5) is 0 Å². The van der Waals surface area contributed by atoms with Crippen molar-refractivity contribution in [3.8, 4) is 5.75 Å². The number of hydrogen-bond donors (Lipinski definition) is 2. The largest absolute Gasteiger partial charge is 0.497 e. The van der Waals surface area contributed by atoms with Crippen LogP contribution < -0.4 is 15.4 Å². The average Bonchev–Trinajstić information content (AvgIpc) is 2.51. The molecule has 0 radical (unpaired) electrons. The van der Waals surface area contributed by atoms with Crippen molar-refractivity contribution >= 4 is 18.3 Å². The predicted octanol–water partition coefficient (Wildman–Crippen LogP) is 1.84. The molecule has 0 saturated carbocycles. The maximum atomic E-state index is 11.7. The molecule has 1 unspecified atom stereocenters. The Morgan fingerprint density at radius 2 is 2.00 bits per heavy atom. The van der Waals surface area contributed by atoms with Crippen molar-refractivity contribution in [1.82, 2.24) is 15.5 Å². The van der Waals surface area contributed by atoms with Gasteiger partial charge in [-0.3, -0.25) is 9.69 Å². The normalized spacial score (nSPS) is 11.7. The van der Waals surface area contributed by atoms with Gasteiger partial charge in [0.25, 0.3) is 0 Å². The Hall–Kier alpha value is -1.30. The number of halogens is 1. The van der Waals surface area contributed by atoms with E-state index in [2.05, 4.69) is 35.4 Å². The first-order valence-electron chi connectivity index (χ1n) is 7.45. The number of carbonyl (C=O) groups excluding carboxylic acids is 1. The Labute approximate surface area is 139 Å². The van der Waals surface area contributed by atoms with E-state index >= 15 is 0 Å². The number of nitrogens with one attached hydrogen (secondary N) is 2. The second-order valence-corrected chi connectivity index (χ2v) is 4.85. The molecule has 5 nitrogen and oxygen atoms in total. The highest BCUT2D eigenvalue weighted by atomic mass is 35.5. The van der Waals surface area contributed by atoms with Crippen molar-refractivity contribution in [1.29, 1.82) is 0 Å². The molecule has 22 heavy (non-hydrogen) atoms. The van der Waals surface area contributed by atoms with Crippen molar-refractivity contribution in [3.05, 3.63) is 29.8 Å². The Balaban J connectivity index is 0.00000441. The van der Waals surface area contributed by atoms with Gasteiger partial charge >= 0.3 is 0 Å². The first kappa shape index (κ1) is 20.7. The molecule has 0 aromatic heterocycles. The van der Waals surface area contributed by atoms with Crippen molar-refractivity contribution in [2.45, 2.75) is 19.9 Å². The molecule has 1 atom stereocenters. The van der Waals surface area contributed by atoms with Crippen molar-refractivity contribution in [3.63, 3.8) is 0 Å². The smallest absolute Gasteiger partial charge is 0.234 e. The van der Waals surface area contributed by atoms with Crippen LogP contribution in [-0.2, 0) is 4.79 Å². The van der Waals surface area contributed by atoms with E-state index in [0.717, 1.165) is 24.4 Å². The number of methoxy groups -OCH3 is 1. The van der Waals surface area contributed by atoms with E-state index in [1.165, 1.54) is 0 Å². The van der Waals surface area contributed by atoms with Gasteiger partial charge in [-0.1, -0.05) is 26.0 Å². The lowest BCUT2D eigenvalue weighted by atomic mass is 10.0. The van der Waals surface area contributed by atoms with Gasteiger partial charge in [0.1, 0.15) is 5.75 Å². The second kappa shape index (κ2) is 11.3. The molecule has 1 rings (SSSR count). The molecule has 0 spiro atoms. The van der Waals surface area contributed by atoms with Gasteiger partial charge in [-0.2, -0.15) is 0 Å². The monoisotopic (exact) mass is 329 g/mol. The maximum Gasteiger partial charge on any atom is 0.234 e. The van der Waals surface area contributed by atoms with Crippen molar-refractivity contribution < 1.29 is 9.53 Å². The summed E-state index contributed by atoms with van der Waals surface area (Å²) in [6.45, 7) is 7.05. The van der Waals surface area contributed by atoms with E-state index < -0.39 is 0 Å². The lowest BCUT2D eigenvalue weighted by Crippen LogP contribution is -2.40. The lowest BCUT2D eigenvalue weighted by molar-refractivity contribution is -0.120. The molecular formula is C16H28ClN3O2. The number of nitrogens with zero attached hydrogens (tertiary/aromatic N) is 1. The number of likely N-dealkylation sites (N-methyl/N-ethyl adjacent to an activating group) is 2. The molecule has 1 amide bonds. The molecule has 0 bridgehead atoms. The van der Waals surface area contributed by atoms with Crippen LogP contribution >= 0.6 is 12.4 Å². The van der Waals surface area contributed by atoms with E-state index in [0.29, 0.717) is 13.1 Å². The van der Waals surface area contributed by atoms with Gasteiger partial charge in [0, 0.05) is 6.54 Å². The zero-order valence-corrected chi connectivity index (χ0v) is 14.7. The second-order valence-electron chi connectivity index (χ2n) is 4.85. The van der Waals surface area contributed by atoms with Gasteiger partial charge in [0.15, 0.2) is 0 Å². The zero-order chi connectivity index (χ0) is 15.7. The fraction of sp³-hybridized carbons (Fsp3) is 0.562. The van der Waals surface area contributed by atoms with Crippen LogP contribution in [0.15, 0.2) is 24.3 Å². The lowest BCUT2D eigenvalue weighted by Gasteiger charge is -2.30. The summed E-state index contributed by atoms with van der Waals surface area (Å²) in [5.74, 6) is 0.851. The quantitative estimate of drug-likeness (QED) is 0.726. The molecule has 0 aliphatic carbocycles. The van der Waals surface area contributed by atoms with Crippen LogP contribution in [0.5, 0.6) is 5.75 Å². The first-order chi connectivity index (χ1) is 10.2. The van der Waals surface area contributed by atoms with E-state index in [9.17, 15) is 4.79 Å². The summed E-state index contributed by atoms with van der Waals surface area (Å²) in [4.78, 5) is 14.0. The number of benzene rings is 1. The molecule has 0 heterocycles. The minimum atomic E-state index is 0. The van der Waals surface area contributed by atoms with Gasteiger partial charge in [-0.05, 0) is 37.8 Å². The summed E-state index contributed by atoms with van der Waals surface area (Å²) in [6, 6.07) is 8.18. The number of hydrogen-bond acceptors (Lipinski definition) is 4. The van der Waals surface area contributed by atoms with Crippen LogP contribution in [0.25, 0.3) is 0 Å². The third kappa shape index (κ3) is 6.22. The number of ether oxygens (including phenoxy) is 1. The molecule has 2 N–H and O–H groups in total. The van der Waals surface area contributed by atoms with Crippen molar-refractivity contribution in [2.24, 2.45) is 0 Å². The Bertz CT molecular complexity index is 439. The minimum Gasteiger partial charge on any atom is -0.497 e. The van der Waals surface area contributed by atoms with E-state index in [1.54, 1.807) is 14.2 Å². The number of amides is 1. The fourth-order valence-corrected chi connectivity index (χ4v) is 2.40. The Morgan fingerprint density at radius 3 is 2.55 bits per heavy atom. The molecule has 1 aromatic carbocycles. The van der Waals surface area contributed by atoms with Crippen LogP contribution in [0.3, 0.4) is 0 Å². The van der Waals surface area contributed by atoms with E-state index in [1.807, 2.05) is 18.2 Å². The molecule has 126 valence electrons. The molecule has 0 fully saturated rings. The maximum absolute atomic E-state index is 11.7. The molecule has 1 aromatic rings. The topological polar surface area (TPSA) is 53.6 Å². The van der Waals surface area contributed by atoms with Gasteiger partial charge in [-0.15, -0.1) is 12.4 Å². The number of carbonyl (C=O) groups is 1. The van der Waals surface area contributed by atoms with E-state index in [-0.39, 0.29) is 24.4 Å². The predicted molar refractivity (Wildman–Crippen MR) is 92.8 cm³/mol. The van der Waals surface area contributed by atoms with E-state index in [4.69, 9.17) is 4.74 Å². The highest BCUT2D eigenvalue weighted by Crippen LogP contribution is 2.23. The average molecular weight is 330 g/mol. The summed E-state index contributed by atoms with van der Waals surface area (Å²) < 4.78 is 5.30. The molecule has 0 saturated heterocycles. The van der Waals surface area contributed by atoms with Crippen LogP contribution in [0.2, 0.25) is 0 Å².